The lowest BCUT2D eigenvalue weighted by Crippen LogP contribution is -2.32. The van der Waals surface area contributed by atoms with Gasteiger partial charge in [0.05, 0.1) is 30.0 Å². The number of carbonyl (C=O) groups is 1. The Bertz CT molecular complexity index is 989. The number of rotatable bonds is 9. The fraction of sp³-hybridized carbons (Fsp3) is 0.615. The minimum absolute atomic E-state index is 0.163. The Morgan fingerprint density at radius 1 is 1.29 bits per heavy atom. The van der Waals surface area contributed by atoms with E-state index in [1.165, 1.54) is 12.8 Å². The summed E-state index contributed by atoms with van der Waals surface area (Å²) in [6, 6.07) is 6.01. The standard InChI is InChI=1S/C26H39ClN4O3/c1-16(2)29-19-11-12-20(21(13-19)34-6)24-22(27)23(30-31(24)15-26(4,5)33)25(32)28-14-18-9-7-17(3)8-10-18/h11-13,16-18,29,33H,7-10,14-15H2,1-6H3,(H,28,32). The molecular formula is C26H39ClN4O3. The van der Waals surface area contributed by atoms with Gasteiger partial charge < -0.3 is 20.5 Å². The number of aromatic nitrogens is 2. The van der Waals surface area contributed by atoms with E-state index < -0.39 is 5.60 Å². The minimum Gasteiger partial charge on any atom is -0.496 e. The quantitative estimate of drug-likeness (QED) is 0.440. The SMILES string of the molecule is COc1cc(NC(C)C)ccc1-c1c(Cl)c(C(=O)NCC2CCC(C)CC2)nn1CC(C)(C)O. The predicted octanol–water partition coefficient (Wildman–Crippen LogP) is 5.36. The second-order valence-electron chi connectivity index (χ2n) is 10.5. The van der Waals surface area contributed by atoms with E-state index in [0.29, 0.717) is 29.5 Å². The highest BCUT2D eigenvalue weighted by Crippen LogP contribution is 2.39. The van der Waals surface area contributed by atoms with Gasteiger partial charge in [0.1, 0.15) is 5.75 Å². The summed E-state index contributed by atoms with van der Waals surface area (Å²) >= 11 is 6.78. The first-order chi connectivity index (χ1) is 16.0. The van der Waals surface area contributed by atoms with Crippen molar-refractivity contribution in [1.82, 2.24) is 15.1 Å². The van der Waals surface area contributed by atoms with Crippen molar-refractivity contribution in [1.29, 1.82) is 0 Å². The maximum atomic E-state index is 13.1. The molecule has 188 valence electrons. The highest BCUT2D eigenvalue weighted by molar-refractivity contribution is 6.36. The molecule has 1 saturated carbocycles. The molecular weight excluding hydrogens is 452 g/mol. The van der Waals surface area contributed by atoms with Gasteiger partial charge in [-0.25, -0.2) is 0 Å². The average molecular weight is 491 g/mol. The average Bonchev–Trinajstić information content (AvgIpc) is 3.06. The first kappa shape index (κ1) is 26.4. The monoisotopic (exact) mass is 490 g/mol. The number of carbonyl (C=O) groups excluding carboxylic acids is 1. The molecule has 0 spiro atoms. The summed E-state index contributed by atoms with van der Waals surface area (Å²) in [6.07, 6.45) is 4.66. The van der Waals surface area contributed by atoms with Gasteiger partial charge in [0, 0.05) is 29.9 Å². The van der Waals surface area contributed by atoms with Crippen LogP contribution in [0.4, 0.5) is 5.69 Å². The van der Waals surface area contributed by atoms with Crippen molar-refractivity contribution in [3.05, 3.63) is 28.9 Å². The van der Waals surface area contributed by atoms with E-state index >= 15 is 0 Å². The zero-order chi connectivity index (χ0) is 25.0. The van der Waals surface area contributed by atoms with Crippen LogP contribution in [0.5, 0.6) is 5.75 Å². The van der Waals surface area contributed by atoms with Gasteiger partial charge in [-0.15, -0.1) is 0 Å². The zero-order valence-electron chi connectivity index (χ0n) is 21.2. The Kier molecular flexibility index (Phi) is 8.52. The highest BCUT2D eigenvalue weighted by atomic mass is 35.5. The third-order valence-electron chi connectivity index (χ3n) is 6.25. The van der Waals surface area contributed by atoms with Gasteiger partial charge in [0.25, 0.3) is 5.91 Å². The van der Waals surface area contributed by atoms with Crippen LogP contribution in [0.15, 0.2) is 18.2 Å². The zero-order valence-corrected chi connectivity index (χ0v) is 22.0. The predicted molar refractivity (Wildman–Crippen MR) is 138 cm³/mol. The van der Waals surface area contributed by atoms with Crippen LogP contribution >= 0.6 is 11.6 Å². The molecule has 8 heteroatoms. The van der Waals surface area contributed by atoms with Gasteiger partial charge in [-0.2, -0.15) is 5.10 Å². The Balaban J connectivity index is 1.93. The van der Waals surface area contributed by atoms with Crippen molar-refractivity contribution in [3.63, 3.8) is 0 Å². The first-order valence-electron chi connectivity index (χ1n) is 12.2. The van der Waals surface area contributed by atoms with E-state index in [1.54, 1.807) is 25.6 Å². The maximum absolute atomic E-state index is 13.1. The van der Waals surface area contributed by atoms with Crippen molar-refractivity contribution in [2.75, 3.05) is 19.0 Å². The molecule has 0 aliphatic heterocycles. The molecule has 0 atom stereocenters. The summed E-state index contributed by atoms with van der Waals surface area (Å²) in [4.78, 5) is 13.1. The van der Waals surface area contributed by atoms with Crippen LogP contribution in [-0.2, 0) is 6.54 Å². The molecule has 1 aromatic carbocycles. The normalized spacial score (nSPS) is 18.7. The first-order valence-corrected chi connectivity index (χ1v) is 12.6. The summed E-state index contributed by atoms with van der Waals surface area (Å²) in [5.74, 6) is 1.56. The molecule has 1 aromatic heterocycles. The van der Waals surface area contributed by atoms with E-state index in [-0.39, 0.29) is 29.2 Å². The van der Waals surface area contributed by atoms with Crippen LogP contribution in [-0.4, -0.2) is 46.1 Å². The van der Waals surface area contributed by atoms with Crippen molar-refractivity contribution in [2.24, 2.45) is 11.8 Å². The maximum Gasteiger partial charge on any atom is 0.273 e. The summed E-state index contributed by atoms with van der Waals surface area (Å²) in [5, 5.41) is 21.7. The molecule has 2 aromatic rings. The molecule has 1 aliphatic rings. The number of hydrogen-bond acceptors (Lipinski definition) is 5. The van der Waals surface area contributed by atoms with Gasteiger partial charge in [-0.05, 0) is 64.5 Å². The molecule has 3 N–H and O–H groups in total. The van der Waals surface area contributed by atoms with Crippen LogP contribution in [0.2, 0.25) is 5.02 Å². The lowest BCUT2D eigenvalue weighted by molar-refractivity contribution is 0.0579. The Morgan fingerprint density at radius 2 is 1.97 bits per heavy atom. The van der Waals surface area contributed by atoms with Crippen molar-refractivity contribution in [3.8, 4) is 17.0 Å². The Hall–Kier alpha value is -2.25. The number of nitrogens with one attached hydrogen (secondary N) is 2. The van der Waals surface area contributed by atoms with Crippen LogP contribution in [0.3, 0.4) is 0 Å². The smallest absolute Gasteiger partial charge is 0.273 e. The number of amides is 1. The van der Waals surface area contributed by atoms with Gasteiger partial charge >= 0.3 is 0 Å². The van der Waals surface area contributed by atoms with Crippen LogP contribution in [0, 0.1) is 11.8 Å². The molecule has 1 aliphatic carbocycles. The molecule has 7 nitrogen and oxygen atoms in total. The van der Waals surface area contributed by atoms with Crippen LogP contribution < -0.4 is 15.4 Å². The summed E-state index contributed by atoms with van der Waals surface area (Å²) in [5.41, 5.74) is 1.28. The molecule has 3 rings (SSSR count). The van der Waals surface area contributed by atoms with Crippen LogP contribution in [0.25, 0.3) is 11.3 Å². The lowest BCUT2D eigenvalue weighted by atomic mass is 9.83. The summed E-state index contributed by atoms with van der Waals surface area (Å²) < 4.78 is 7.27. The van der Waals surface area contributed by atoms with Gasteiger partial charge in [-0.1, -0.05) is 31.4 Å². The second-order valence-corrected chi connectivity index (χ2v) is 10.9. The molecule has 0 unspecified atom stereocenters. The van der Waals surface area contributed by atoms with Gasteiger partial charge in [0.2, 0.25) is 0 Å². The van der Waals surface area contributed by atoms with Gasteiger partial charge in [0.15, 0.2) is 5.69 Å². The van der Waals surface area contributed by atoms with Crippen molar-refractivity contribution in [2.45, 2.75) is 78.5 Å². The number of hydrogen-bond donors (Lipinski definition) is 3. The summed E-state index contributed by atoms with van der Waals surface area (Å²) in [7, 11) is 1.60. The molecule has 34 heavy (non-hydrogen) atoms. The third kappa shape index (κ3) is 6.66. The van der Waals surface area contributed by atoms with E-state index in [1.807, 2.05) is 18.2 Å². The van der Waals surface area contributed by atoms with E-state index in [2.05, 4.69) is 36.5 Å². The van der Waals surface area contributed by atoms with E-state index in [4.69, 9.17) is 16.3 Å². The minimum atomic E-state index is -1.05. The molecule has 0 saturated heterocycles. The lowest BCUT2D eigenvalue weighted by Gasteiger charge is -2.26. The summed E-state index contributed by atoms with van der Waals surface area (Å²) in [6.45, 7) is 10.6. The van der Waals surface area contributed by atoms with Gasteiger partial charge in [-0.3, -0.25) is 9.48 Å². The molecule has 1 amide bonds. The number of ether oxygens (including phenoxy) is 1. The number of methoxy groups -OCH3 is 1. The second kappa shape index (κ2) is 11.0. The Labute approximate surface area is 208 Å². The Morgan fingerprint density at radius 3 is 2.56 bits per heavy atom. The van der Waals surface area contributed by atoms with E-state index in [9.17, 15) is 9.90 Å². The highest BCUT2D eigenvalue weighted by Gasteiger charge is 2.28. The fourth-order valence-electron chi connectivity index (χ4n) is 4.49. The fourth-order valence-corrected chi connectivity index (χ4v) is 4.81. The third-order valence-corrected chi connectivity index (χ3v) is 6.60. The number of nitrogens with zero attached hydrogens (tertiary/aromatic N) is 2. The largest absolute Gasteiger partial charge is 0.496 e. The number of anilines is 1. The number of aliphatic hydroxyl groups is 1. The van der Waals surface area contributed by atoms with Crippen molar-refractivity contribution >= 4 is 23.2 Å². The van der Waals surface area contributed by atoms with Crippen LogP contribution in [0.1, 0.15) is 70.8 Å². The molecule has 1 heterocycles. The number of benzene rings is 1. The van der Waals surface area contributed by atoms with E-state index in [0.717, 1.165) is 24.4 Å². The van der Waals surface area contributed by atoms with Crippen molar-refractivity contribution < 1.29 is 14.6 Å². The number of halogens is 1. The topological polar surface area (TPSA) is 88.4 Å². The molecule has 0 radical (unpaired) electrons. The molecule has 1 fully saturated rings. The molecule has 0 bridgehead atoms.